The summed E-state index contributed by atoms with van der Waals surface area (Å²) >= 11 is 0. The van der Waals surface area contributed by atoms with Crippen molar-refractivity contribution in [3.05, 3.63) is 23.8 Å². The summed E-state index contributed by atoms with van der Waals surface area (Å²) in [6, 6.07) is 4.73. The number of hydroxylamine groups is 1. The van der Waals surface area contributed by atoms with Crippen LogP contribution in [0.1, 0.15) is 31.2 Å². The standard InChI is InChI=1S/C22H32BN3O5/c1-31-24-21(29)14-25-8-4-16(5-9-25)17-6-10-26(11-7-17)22(30)20(28)13-15-2-3-19(27)18(23)12-15/h2-3,12,16-17,20,27-28H,4-11,13-14H2,1H3,(H,24,29)/t20-/m1/s1. The first-order valence-electron chi connectivity index (χ1n) is 11.0. The summed E-state index contributed by atoms with van der Waals surface area (Å²) in [7, 11) is 7.13. The number of carbonyl (C=O) groups is 2. The zero-order valence-electron chi connectivity index (χ0n) is 18.1. The minimum absolute atomic E-state index is 0.00397. The summed E-state index contributed by atoms with van der Waals surface area (Å²) in [5.74, 6) is 0.818. The summed E-state index contributed by atoms with van der Waals surface area (Å²) < 4.78 is 0. The Bertz CT molecular complexity index is 762. The first-order chi connectivity index (χ1) is 14.9. The van der Waals surface area contributed by atoms with Crippen molar-refractivity contribution in [1.29, 1.82) is 0 Å². The zero-order chi connectivity index (χ0) is 22.4. The van der Waals surface area contributed by atoms with Gasteiger partial charge in [0.05, 0.1) is 13.7 Å². The van der Waals surface area contributed by atoms with Crippen molar-refractivity contribution < 1.29 is 24.6 Å². The topological polar surface area (TPSA) is 102 Å². The van der Waals surface area contributed by atoms with Gasteiger partial charge < -0.3 is 15.1 Å². The number of nitrogens with one attached hydrogen (secondary N) is 1. The zero-order valence-corrected chi connectivity index (χ0v) is 18.1. The first-order valence-corrected chi connectivity index (χ1v) is 11.0. The summed E-state index contributed by atoms with van der Waals surface area (Å²) in [5, 5.41) is 19.9. The molecule has 2 amide bonds. The van der Waals surface area contributed by atoms with Gasteiger partial charge in [-0.1, -0.05) is 17.6 Å². The molecule has 0 bridgehead atoms. The Kier molecular flexibility index (Phi) is 8.34. The quantitative estimate of drug-likeness (QED) is 0.407. The molecule has 168 valence electrons. The first kappa shape index (κ1) is 23.6. The minimum atomic E-state index is -1.11. The molecule has 1 aromatic rings. The molecule has 9 heteroatoms. The Labute approximate surface area is 184 Å². The number of aliphatic hydroxyl groups excluding tert-OH is 1. The van der Waals surface area contributed by atoms with Gasteiger partial charge in [0.2, 0.25) is 0 Å². The molecule has 8 nitrogen and oxygen atoms in total. The van der Waals surface area contributed by atoms with E-state index in [1.807, 2.05) is 0 Å². The summed E-state index contributed by atoms with van der Waals surface area (Å²) in [6.07, 6.45) is 3.08. The lowest BCUT2D eigenvalue weighted by Gasteiger charge is -2.40. The Morgan fingerprint density at radius 3 is 2.35 bits per heavy atom. The van der Waals surface area contributed by atoms with Crippen LogP contribution in [-0.4, -0.2) is 85.6 Å². The van der Waals surface area contributed by atoms with Crippen LogP contribution in [0, 0.1) is 11.8 Å². The van der Waals surface area contributed by atoms with Crippen LogP contribution in [0.4, 0.5) is 0 Å². The number of hydrogen-bond acceptors (Lipinski definition) is 6. The highest BCUT2D eigenvalue weighted by atomic mass is 16.6. The lowest BCUT2D eigenvalue weighted by molar-refractivity contribution is -0.141. The van der Waals surface area contributed by atoms with E-state index < -0.39 is 6.10 Å². The molecule has 0 unspecified atom stereocenters. The van der Waals surface area contributed by atoms with Crippen molar-refractivity contribution in [3.8, 4) is 5.75 Å². The molecular formula is C22H32BN3O5. The van der Waals surface area contributed by atoms with Crippen molar-refractivity contribution >= 4 is 25.1 Å². The van der Waals surface area contributed by atoms with Crippen LogP contribution in [0.3, 0.4) is 0 Å². The number of rotatable bonds is 7. The van der Waals surface area contributed by atoms with E-state index in [1.165, 1.54) is 13.2 Å². The minimum Gasteiger partial charge on any atom is -0.509 e. The monoisotopic (exact) mass is 429 g/mol. The number of benzene rings is 1. The molecule has 2 aliphatic heterocycles. The lowest BCUT2D eigenvalue weighted by Crippen LogP contribution is -2.47. The number of likely N-dealkylation sites (tertiary alicyclic amines) is 2. The predicted octanol–water partition coefficient (Wildman–Crippen LogP) is -0.282. The van der Waals surface area contributed by atoms with Crippen LogP contribution in [0.15, 0.2) is 18.2 Å². The van der Waals surface area contributed by atoms with Crippen molar-refractivity contribution in [2.24, 2.45) is 11.8 Å². The molecule has 31 heavy (non-hydrogen) atoms. The van der Waals surface area contributed by atoms with Crippen LogP contribution in [-0.2, 0) is 20.8 Å². The van der Waals surface area contributed by atoms with Gasteiger partial charge in [-0.25, -0.2) is 5.48 Å². The number of aromatic hydroxyl groups is 1. The number of phenolic OH excluding ortho intramolecular Hbond substituents is 1. The van der Waals surface area contributed by atoms with Crippen molar-refractivity contribution in [1.82, 2.24) is 15.3 Å². The molecule has 1 aromatic carbocycles. The van der Waals surface area contributed by atoms with Gasteiger partial charge >= 0.3 is 0 Å². The number of amides is 2. The molecule has 0 spiro atoms. The van der Waals surface area contributed by atoms with Crippen LogP contribution in [0.5, 0.6) is 5.75 Å². The van der Waals surface area contributed by atoms with Gasteiger partial charge in [-0.05, 0) is 62.2 Å². The summed E-state index contributed by atoms with van der Waals surface area (Å²) in [6.45, 7) is 3.48. The highest BCUT2D eigenvalue weighted by molar-refractivity contribution is 6.34. The largest absolute Gasteiger partial charge is 0.509 e. The number of aliphatic hydroxyl groups is 1. The second-order valence-electron chi connectivity index (χ2n) is 8.62. The molecule has 2 aliphatic rings. The van der Waals surface area contributed by atoms with Crippen LogP contribution >= 0.6 is 0 Å². The number of hydrogen-bond donors (Lipinski definition) is 3. The molecule has 2 radical (unpaired) electrons. The fraction of sp³-hybridized carbons (Fsp3) is 0.636. The third kappa shape index (κ3) is 6.44. The second-order valence-corrected chi connectivity index (χ2v) is 8.62. The number of piperidine rings is 2. The normalized spacial score (nSPS) is 19.9. The van der Waals surface area contributed by atoms with E-state index in [1.54, 1.807) is 17.0 Å². The van der Waals surface area contributed by atoms with E-state index in [2.05, 4.69) is 15.2 Å². The van der Waals surface area contributed by atoms with Crippen LogP contribution < -0.4 is 10.9 Å². The number of nitrogens with zero attached hydrogens (tertiary/aromatic N) is 2. The summed E-state index contributed by atoms with van der Waals surface area (Å²) in [5.41, 5.74) is 3.32. The molecule has 1 atom stereocenters. The van der Waals surface area contributed by atoms with E-state index in [9.17, 15) is 19.8 Å². The van der Waals surface area contributed by atoms with Crippen molar-refractivity contribution in [3.63, 3.8) is 0 Å². The van der Waals surface area contributed by atoms with Gasteiger partial charge in [-0.2, -0.15) is 0 Å². The maximum Gasteiger partial charge on any atom is 0.257 e. The van der Waals surface area contributed by atoms with Gasteiger partial charge in [0.25, 0.3) is 11.8 Å². The Balaban J connectivity index is 1.41. The fourth-order valence-electron chi connectivity index (χ4n) is 4.78. The predicted molar refractivity (Wildman–Crippen MR) is 117 cm³/mol. The maximum atomic E-state index is 12.7. The van der Waals surface area contributed by atoms with E-state index in [4.69, 9.17) is 7.85 Å². The second kappa shape index (κ2) is 11.0. The maximum absolute atomic E-state index is 12.7. The molecule has 3 N–H and O–H groups in total. The molecule has 0 saturated carbocycles. The Morgan fingerprint density at radius 1 is 1.16 bits per heavy atom. The molecule has 0 aromatic heterocycles. The average Bonchev–Trinajstić information content (AvgIpc) is 2.76. The van der Waals surface area contributed by atoms with Crippen LogP contribution in [0.2, 0.25) is 0 Å². The van der Waals surface area contributed by atoms with E-state index >= 15 is 0 Å². The lowest BCUT2D eigenvalue weighted by atomic mass is 9.78. The third-order valence-corrected chi connectivity index (χ3v) is 6.54. The fourth-order valence-corrected chi connectivity index (χ4v) is 4.78. The number of phenols is 1. The third-order valence-electron chi connectivity index (χ3n) is 6.54. The van der Waals surface area contributed by atoms with Crippen LogP contribution in [0.25, 0.3) is 0 Å². The van der Waals surface area contributed by atoms with Gasteiger partial charge in [-0.3, -0.25) is 19.3 Å². The molecule has 3 rings (SSSR count). The molecule has 0 aliphatic carbocycles. The highest BCUT2D eigenvalue weighted by Crippen LogP contribution is 2.32. The Morgan fingerprint density at radius 2 is 1.77 bits per heavy atom. The van der Waals surface area contributed by atoms with Gasteiger partial charge in [0, 0.05) is 19.5 Å². The smallest absolute Gasteiger partial charge is 0.257 e. The van der Waals surface area contributed by atoms with Gasteiger partial charge in [0.1, 0.15) is 19.7 Å². The van der Waals surface area contributed by atoms with E-state index in [0.29, 0.717) is 31.5 Å². The Hall–Kier alpha value is -2.10. The average molecular weight is 429 g/mol. The molecule has 2 heterocycles. The molecule has 2 fully saturated rings. The summed E-state index contributed by atoms with van der Waals surface area (Å²) in [4.78, 5) is 32.9. The SMILES string of the molecule is [B]c1cc(C[C@@H](O)C(=O)N2CCC(C3CCN(CC(=O)NOC)CC3)CC2)ccc1O. The molecule has 2 saturated heterocycles. The van der Waals surface area contributed by atoms with Crippen molar-refractivity contribution in [2.45, 2.75) is 38.2 Å². The van der Waals surface area contributed by atoms with Crippen molar-refractivity contribution in [2.75, 3.05) is 39.8 Å². The number of carbonyl (C=O) groups excluding carboxylic acids is 2. The van der Waals surface area contributed by atoms with E-state index in [-0.39, 0.29) is 29.4 Å². The molecular weight excluding hydrogens is 397 g/mol. The van der Waals surface area contributed by atoms with Gasteiger partial charge in [0.15, 0.2) is 0 Å². The van der Waals surface area contributed by atoms with Gasteiger partial charge in [-0.15, -0.1) is 0 Å². The highest BCUT2D eigenvalue weighted by Gasteiger charge is 2.32. The van der Waals surface area contributed by atoms with E-state index in [0.717, 1.165) is 44.3 Å².